The number of nitrogens with zero attached hydrogens (tertiary/aromatic N) is 1. The zero-order chi connectivity index (χ0) is 15.8. The minimum absolute atomic E-state index is 0.639. The van der Waals surface area contributed by atoms with Crippen molar-refractivity contribution in [2.75, 3.05) is 20.2 Å². The van der Waals surface area contributed by atoms with Crippen molar-refractivity contribution >= 4 is 6.08 Å². The highest BCUT2D eigenvalue weighted by Crippen LogP contribution is 2.47. The quantitative estimate of drug-likeness (QED) is 0.798. The number of fused-ring (bicyclic) bond motifs is 2. The molecule has 0 N–H and O–H groups in total. The zero-order valence-electron chi connectivity index (χ0n) is 14.3. The first kappa shape index (κ1) is 15.3. The average molecular weight is 311 g/mol. The van der Waals surface area contributed by atoms with Gasteiger partial charge in [-0.3, -0.25) is 0 Å². The molecule has 0 aromatic heterocycles. The van der Waals surface area contributed by atoms with Gasteiger partial charge < -0.3 is 9.64 Å². The summed E-state index contributed by atoms with van der Waals surface area (Å²) in [5, 5.41) is 0. The molecule has 2 heteroatoms. The van der Waals surface area contributed by atoms with Gasteiger partial charge in [-0.15, -0.1) is 0 Å². The molecule has 2 aliphatic carbocycles. The molecule has 1 aliphatic heterocycles. The third-order valence-corrected chi connectivity index (χ3v) is 6.63. The van der Waals surface area contributed by atoms with Gasteiger partial charge in [0.25, 0.3) is 0 Å². The lowest BCUT2D eigenvalue weighted by molar-refractivity contribution is 0.110. The Morgan fingerprint density at radius 3 is 2.57 bits per heavy atom. The molecule has 3 atom stereocenters. The van der Waals surface area contributed by atoms with E-state index in [9.17, 15) is 0 Å². The summed E-state index contributed by atoms with van der Waals surface area (Å²) in [4.78, 5) is 2.81. The lowest BCUT2D eigenvalue weighted by Gasteiger charge is -2.40. The van der Waals surface area contributed by atoms with Crippen LogP contribution in [0.5, 0.6) is 5.75 Å². The largest absolute Gasteiger partial charge is 0.496 e. The smallest absolute Gasteiger partial charge is 0.122 e. The maximum Gasteiger partial charge on any atom is 0.122 e. The highest BCUT2D eigenvalue weighted by Gasteiger charge is 2.42. The molecular formula is C21H29NO. The van der Waals surface area contributed by atoms with E-state index in [1.54, 1.807) is 7.11 Å². The van der Waals surface area contributed by atoms with Crippen LogP contribution < -0.4 is 4.74 Å². The molecule has 2 nitrogen and oxygen atoms in total. The fourth-order valence-corrected chi connectivity index (χ4v) is 5.40. The number of rotatable bonds is 4. The van der Waals surface area contributed by atoms with Gasteiger partial charge in [0, 0.05) is 6.04 Å². The van der Waals surface area contributed by atoms with Gasteiger partial charge in [-0.1, -0.05) is 25.1 Å². The Morgan fingerprint density at radius 1 is 1.13 bits per heavy atom. The van der Waals surface area contributed by atoms with Crippen LogP contribution in [-0.2, 0) is 0 Å². The van der Waals surface area contributed by atoms with Crippen molar-refractivity contribution in [2.45, 2.75) is 50.5 Å². The molecule has 1 saturated heterocycles. The zero-order valence-corrected chi connectivity index (χ0v) is 14.3. The van der Waals surface area contributed by atoms with Crippen molar-refractivity contribution in [1.82, 2.24) is 4.90 Å². The van der Waals surface area contributed by atoms with Crippen LogP contribution in [0.1, 0.15) is 55.6 Å². The number of methoxy groups -OCH3 is 1. The van der Waals surface area contributed by atoms with E-state index >= 15 is 0 Å². The van der Waals surface area contributed by atoms with Crippen molar-refractivity contribution in [3.63, 3.8) is 0 Å². The standard InChI is InChI=1S/C21H29NO/c1-3-15-5-7-21(23-2)19(13-15)17-8-10-22(11-9-17)20-14-16-4-6-18(20)12-16/h3,5,7,13,16-18,20H,1,4,6,8-12,14H2,2H3/t16-,18-,20-/m0/s1. The van der Waals surface area contributed by atoms with Gasteiger partial charge >= 0.3 is 0 Å². The first-order chi connectivity index (χ1) is 11.3. The molecular weight excluding hydrogens is 282 g/mol. The molecule has 4 rings (SSSR count). The highest BCUT2D eigenvalue weighted by atomic mass is 16.5. The number of ether oxygens (including phenoxy) is 1. The summed E-state index contributed by atoms with van der Waals surface area (Å²) in [6, 6.07) is 7.38. The normalized spacial score (nSPS) is 31.4. The van der Waals surface area contributed by atoms with Crippen molar-refractivity contribution < 1.29 is 4.74 Å². The minimum atomic E-state index is 0.639. The summed E-state index contributed by atoms with van der Waals surface area (Å²) < 4.78 is 5.62. The van der Waals surface area contributed by atoms with Crippen molar-refractivity contribution in [3.8, 4) is 5.75 Å². The van der Waals surface area contributed by atoms with E-state index < -0.39 is 0 Å². The molecule has 23 heavy (non-hydrogen) atoms. The van der Waals surface area contributed by atoms with E-state index in [1.807, 2.05) is 6.08 Å². The first-order valence-corrected chi connectivity index (χ1v) is 9.33. The molecule has 1 heterocycles. The molecule has 2 saturated carbocycles. The third-order valence-electron chi connectivity index (χ3n) is 6.63. The third kappa shape index (κ3) is 2.82. The molecule has 124 valence electrons. The van der Waals surface area contributed by atoms with Crippen LogP contribution in [0.15, 0.2) is 24.8 Å². The van der Waals surface area contributed by atoms with Crippen LogP contribution in [-0.4, -0.2) is 31.1 Å². The van der Waals surface area contributed by atoms with E-state index in [0.717, 1.165) is 23.6 Å². The van der Waals surface area contributed by atoms with Crippen molar-refractivity contribution in [1.29, 1.82) is 0 Å². The average Bonchev–Trinajstić information content (AvgIpc) is 3.24. The van der Waals surface area contributed by atoms with Crippen LogP contribution in [0.25, 0.3) is 6.08 Å². The summed E-state index contributed by atoms with van der Waals surface area (Å²) in [5.41, 5.74) is 2.59. The van der Waals surface area contributed by atoms with E-state index in [-0.39, 0.29) is 0 Å². The lowest BCUT2D eigenvalue weighted by atomic mass is 9.85. The predicted molar refractivity (Wildman–Crippen MR) is 95.9 cm³/mol. The van der Waals surface area contributed by atoms with Crippen LogP contribution >= 0.6 is 0 Å². The molecule has 3 fully saturated rings. The molecule has 3 aliphatic rings. The molecule has 1 aromatic carbocycles. The van der Waals surface area contributed by atoms with Gasteiger partial charge in [0.15, 0.2) is 0 Å². The monoisotopic (exact) mass is 311 g/mol. The fraction of sp³-hybridized carbons (Fsp3) is 0.619. The van der Waals surface area contributed by atoms with Gasteiger partial charge in [-0.2, -0.15) is 0 Å². The van der Waals surface area contributed by atoms with Crippen LogP contribution in [0.4, 0.5) is 0 Å². The Balaban J connectivity index is 1.44. The predicted octanol–water partition coefficient (Wildman–Crippen LogP) is 4.71. The second-order valence-corrected chi connectivity index (χ2v) is 7.76. The topological polar surface area (TPSA) is 12.5 Å². The summed E-state index contributed by atoms with van der Waals surface area (Å²) in [6.45, 7) is 6.44. The maximum atomic E-state index is 5.62. The fourth-order valence-electron chi connectivity index (χ4n) is 5.40. The van der Waals surface area contributed by atoms with E-state index in [1.165, 1.54) is 62.7 Å². The Morgan fingerprint density at radius 2 is 1.96 bits per heavy atom. The Bertz CT molecular complexity index is 573. The number of benzene rings is 1. The highest BCUT2D eigenvalue weighted by molar-refractivity contribution is 5.52. The second-order valence-electron chi connectivity index (χ2n) is 7.76. The second kappa shape index (κ2) is 6.32. The van der Waals surface area contributed by atoms with Gasteiger partial charge in [0.05, 0.1) is 7.11 Å². The minimum Gasteiger partial charge on any atom is -0.496 e. The van der Waals surface area contributed by atoms with E-state index in [2.05, 4.69) is 29.7 Å². The Hall–Kier alpha value is -1.28. The van der Waals surface area contributed by atoms with Crippen LogP contribution in [0.2, 0.25) is 0 Å². The van der Waals surface area contributed by atoms with Crippen molar-refractivity contribution in [2.24, 2.45) is 11.8 Å². The maximum absolute atomic E-state index is 5.62. The molecule has 2 bridgehead atoms. The number of piperidine rings is 1. The molecule has 0 spiro atoms. The Kier molecular flexibility index (Phi) is 4.19. The summed E-state index contributed by atoms with van der Waals surface area (Å²) in [6.07, 6.45) is 10.5. The van der Waals surface area contributed by atoms with Gasteiger partial charge in [-0.25, -0.2) is 0 Å². The number of likely N-dealkylation sites (tertiary alicyclic amines) is 1. The SMILES string of the molecule is C=Cc1ccc(OC)c(C2CCN([C@H]3C[C@H]4CC[C@H]3C4)CC2)c1. The van der Waals surface area contributed by atoms with Gasteiger partial charge in [-0.05, 0) is 86.2 Å². The van der Waals surface area contributed by atoms with E-state index in [4.69, 9.17) is 4.74 Å². The van der Waals surface area contributed by atoms with Crippen LogP contribution in [0.3, 0.4) is 0 Å². The van der Waals surface area contributed by atoms with Gasteiger partial charge in [0.2, 0.25) is 0 Å². The lowest BCUT2D eigenvalue weighted by Crippen LogP contribution is -2.43. The van der Waals surface area contributed by atoms with E-state index in [0.29, 0.717) is 5.92 Å². The summed E-state index contributed by atoms with van der Waals surface area (Å²) >= 11 is 0. The first-order valence-electron chi connectivity index (χ1n) is 9.33. The summed E-state index contributed by atoms with van der Waals surface area (Å²) in [5.74, 6) is 3.75. The number of hydrogen-bond acceptors (Lipinski definition) is 2. The molecule has 0 amide bonds. The van der Waals surface area contributed by atoms with Gasteiger partial charge in [0.1, 0.15) is 5.75 Å². The van der Waals surface area contributed by atoms with Crippen molar-refractivity contribution in [3.05, 3.63) is 35.9 Å². The molecule has 0 unspecified atom stereocenters. The summed E-state index contributed by atoms with van der Waals surface area (Å²) in [7, 11) is 1.79. The number of hydrogen-bond donors (Lipinski definition) is 0. The Labute approximate surface area is 140 Å². The molecule has 0 radical (unpaired) electrons. The molecule has 1 aromatic rings. The van der Waals surface area contributed by atoms with Crippen LogP contribution in [0, 0.1) is 11.8 Å².